The molecule has 6 nitrogen and oxygen atoms in total. The highest BCUT2D eigenvalue weighted by Gasteiger charge is 2.33. The van der Waals surface area contributed by atoms with Crippen LogP contribution in [0.4, 0.5) is 15.9 Å². The second-order valence-electron chi connectivity index (χ2n) is 9.79. The number of pyridine rings is 1. The predicted octanol–water partition coefficient (Wildman–Crippen LogP) is 5.49. The topological polar surface area (TPSA) is 55.4 Å². The van der Waals surface area contributed by atoms with Crippen molar-refractivity contribution >= 4 is 11.5 Å². The first-order valence-corrected chi connectivity index (χ1v) is 12.1. The Morgan fingerprint density at radius 3 is 2.62 bits per heavy atom. The number of benzene rings is 1. The Balaban J connectivity index is 1.45. The van der Waals surface area contributed by atoms with E-state index in [0.717, 1.165) is 44.0 Å². The summed E-state index contributed by atoms with van der Waals surface area (Å²) in [4.78, 5) is 28.4. The van der Waals surface area contributed by atoms with E-state index in [9.17, 15) is 9.18 Å². The molecule has 0 spiro atoms. The zero-order chi connectivity index (χ0) is 23.2. The summed E-state index contributed by atoms with van der Waals surface area (Å²) in [6.07, 6.45) is 8.93. The highest BCUT2D eigenvalue weighted by Crippen LogP contribution is 2.40. The summed E-state index contributed by atoms with van der Waals surface area (Å²) in [6.45, 7) is 8.94. The Kier molecular flexibility index (Phi) is 5.17. The number of hydrogen-bond acceptors (Lipinski definition) is 4. The van der Waals surface area contributed by atoms with E-state index in [1.165, 1.54) is 36.0 Å². The van der Waals surface area contributed by atoms with Gasteiger partial charge in [-0.05, 0) is 55.7 Å². The van der Waals surface area contributed by atoms with Crippen LogP contribution in [-0.2, 0) is 0 Å². The number of nitrogens with zero attached hydrogens (tertiary/aromatic N) is 5. The van der Waals surface area contributed by atoms with Crippen LogP contribution >= 0.6 is 0 Å². The van der Waals surface area contributed by atoms with Gasteiger partial charge in [-0.2, -0.15) is 0 Å². The standard InChI is InChI=1S/C27H26FN5O/c1-29-24-9-7-19(13-22(24)28)27-31-25(32-12-11-17-3-2-4-20(17)16-32)14-26(34)33(27)21-8-10-23(30-15-21)18-5-6-18/h7-10,13-15,17-18,20H,2-6,11-12,16H2. The zero-order valence-electron chi connectivity index (χ0n) is 19.0. The summed E-state index contributed by atoms with van der Waals surface area (Å²) in [7, 11) is 0. The molecule has 1 saturated heterocycles. The Morgan fingerprint density at radius 1 is 1.03 bits per heavy atom. The lowest BCUT2D eigenvalue weighted by Gasteiger charge is -2.36. The van der Waals surface area contributed by atoms with Crippen LogP contribution in [0, 0.1) is 24.2 Å². The number of hydrogen-bond donors (Lipinski definition) is 0. The van der Waals surface area contributed by atoms with Gasteiger partial charge in [0.25, 0.3) is 5.56 Å². The molecule has 7 heteroatoms. The highest BCUT2D eigenvalue weighted by molar-refractivity contribution is 5.64. The number of anilines is 1. The molecule has 3 aliphatic rings. The molecule has 2 aromatic heterocycles. The van der Waals surface area contributed by atoms with Gasteiger partial charge >= 0.3 is 0 Å². The number of aromatic nitrogens is 3. The van der Waals surface area contributed by atoms with E-state index in [1.807, 2.05) is 12.1 Å². The van der Waals surface area contributed by atoms with Gasteiger partial charge in [-0.25, -0.2) is 14.2 Å². The lowest BCUT2D eigenvalue weighted by Crippen LogP contribution is -2.40. The van der Waals surface area contributed by atoms with Crippen molar-refractivity contribution in [2.75, 3.05) is 18.0 Å². The average Bonchev–Trinajstić information content (AvgIpc) is 3.60. The summed E-state index contributed by atoms with van der Waals surface area (Å²) >= 11 is 0. The van der Waals surface area contributed by atoms with Gasteiger partial charge < -0.3 is 4.90 Å². The molecule has 6 rings (SSSR count). The fourth-order valence-corrected chi connectivity index (χ4v) is 5.60. The molecule has 0 N–H and O–H groups in total. The third-order valence-corrected chi connectivity index (χ3v) is 7.62. The monoisotopic (exact) mass is 455 g/mol. The Hall–Kier alpha value is -3.53. The van der Waals surface area contributed by atoms with Gasteiger partial charge in [0.15, 0.2) is 0 Å². The van der Waals surface area contributed by atoms with Crippen LogP contribution in [0.5, 0.6) is 0 Å². The first-order valence-electron chi connectivity index (χ1n) is 12.1. The van der Waals surface area contributed by atoms with Crippen molar-refractivity contribution in [1.82, 2.24) is 14.5 Å². The Morgan fingerprint density at radius 2 is 1.88 bits per heavy atom. The predicted molar refractivity (Wildman–Crippen MR) is 129 cm³/mol. The van der Waals surface area contributed by atoms with Gasteiger partial charge in [0.05, 0.1) is 18.5 Å². The molecule has 2 aliphatic carbocycles. The van der Waals surface area contributed by atoms with E-state index in [4.69, 9.17) is 11.6 Å². The lowest BCUT2D eigenvalue weighted by atomic mass is 9.89. The van der Waals surface area contributed by atoms with Crippen LogP contribution in [0.1, 0.15) is 50.1 Å². The molecular formula is C27H26FN5O. The molecule has 1 aromatic carbocycles. The van der Waals surface area contributed by atoms with Crippen molar-refractivity contribution < 1.29 is 4.39 Å². The Labute approximate surface area is 197 Å². The normalized spacial score (nSPS) is 21.8. The van der Waals surface area contributed by atoms with Crippen molar-refractivity contribution in [3.63, 3.8) is 0 Å². The second kappa shape index (κ2) is 8.35. The van der Waals surface area contributed by atoms with Crippen LogP contribution < -0.4 is 10.5 Å². The van der Waals surface area contributed by atoms with Gasteiger partial charge in [-0.15, -0.1) is 0 Å². The summed E-state index contributed by atoms with van der Waals surface area (Å²) in [5, 5.41) is 0. The third-order valence-electron chi connectivity index (χ3n) is 7.62. The summed E-state index contributed by atoms with van der Waals surface area (Å²) in [5.74, 6) is 2.33. The minimum absolute atomic E-state index is 0.0486. The van der Waals surface area contributed by atoms with Gasteiger partial charge in [-0.1, -0.05) is 25.0 Å². The molecule has 34 heavy (non-hydrogen) atoms. The Bertz CT molecular complexity index is 1340. The minimum atomic E-state index is -0.618. The number of rotatable bonds is 4. The van der Waals surface area contributed by atoms with Crippen molar-refractivity contribution in [1.29, 1.82) is 0 Å². The smallest absolute Gasteiger partial charge is 0.260 e. The lowest BCUT2D eigenvalue weighted by molar-refractivity contribution is 0.322. The van der Waals surface area contributed by atoms with Crippen molar-refractivity contribution in [2.45, 2.75) is 44.4 Å². The van der Waals surface area contributed by atoms with Crippen LogP contribution in [0.15, 0.2) is 47.4 Å². The molecule has 3 heterocycles. The highest BCUT2D eigenvalue weighted by atomic mass is 19.1. The molecule has 2 unspecified atom stereocenters. The van der Waals surface area contributed by atoms with E-state index in [1.54, 1.807) is 18.3 Å². The maximum Gasteiger partial charge on any atom is 0.260 e. The molecular weight excluding hydrogens is 429 g/mol. The summed E-state index contributed by atoms with van der Waals surface area (Å²) in [6, 6.07) is 9.85. The quantitative estimate of drug-likeness (QED) is 0.488. The van der Waals surface area contributed by atoms with Crippen molar-refractivity contribution in [3.05, 3.63) is 75.9 Å². The zero-order valence-corrected chi connectivity index (χ0v) is 19.0. The first kappa shape index (κ1) is 21.0. The first-order chi connectivity index (χ1) is 16.6. The van der Waals surface area contributed by atoms with E-state index in [2.05, 4.69) is 14.7 Å². The SMILES string of the molecule is [C-]#[N+]c1ccc(-c2nc(N3CCC4CCCC4C3)cc(=O)n2-c2ccc(C3CC3)nc2)cc1F. The molecule has 0 bridgehead atoms. The largest absolute Gasteiger partial charge is 0.356 e. The molecule has 2 atom stereocenters. The van der Waals surface area contributed by atoms with Crippen molar-refractivity contribution in [3.8, 4) is 17.1 Å². The molecule has 172 valence electrons. The summed E-state index contributed by atoms with van der Waals surface area (Å²) < 4.78 is 16.1. The number of piperidine rings is 1. The van der Waals surface area contributed by atoms with E-state index >= 15 is 0 Å². The fourth-order valence-electron chi connectivity index (χ4n) is 5.60. The number of halogens is 1. The maximum absolute atomic E-state index is 14.6. The van der Waals surface area contributed by atoms with Crippen LogP contribution in [0.2, 0.25) is 0 Å². The fraction of sp³-hybridized carbons (Fsp3) is 0.407. The van der Waals surface area contributed by atoms with E-state index in [-0.39, 0.29) is 11.2 Å². The minimum Gasteiger partial charge on any atom is -0.356 e. The van der Waals surface area contributed by atoms with Gasteiger partial charge in [0.2, 0.25) is 5.69 Å². The second-order valence-corrected chi connectivity index (χ2v) is 9.79. The van der Waals surface area contributed by atoms with Gasteiger partial charge in [0, 0.05) is 36.3 Å². The molecule has 3 fully saturated rings. The van der Waals surface area contributed by atoms with E-state index < -0.39 is 5.82 Å². The van der Waals surface area contributed by atoms with Crippen molar-refractivity contribution in [2.24, 2.45) is 11.8 Å². The molecule has 3 aromatic rings. The third kappa shape index (κ3) is 3.77. The molecule has 1 aliphatic heterocycles. The van der Waals surface area contributed by atoms with Crippen LogP contribution in [-0.4, -0.2) is 27.6 Å². The van der Waals surface area contributed by atoms with Crippen LogP contribution in [0.25, 0.3) is 21.9 Å². The van der Waals surface area contributed by atoms with Gasteiger partial charge in [-0.3, -0.25) is 14.3 Å². The van der Waals surface area contributed by atoms with E-state index in [0.29, 0.717) is 34.7 Å². The molecule has 0 radical (unpaired) electrons. The van der Waals surface area contributed by atoms with Crippen LogP contribution in [0.3, 0.4) is 0 Å². The average molecular weight is 456 g/mol. The van der Waals surface area contributed by atoms with Gasteiger partial charge in [0.1, 0.15) is 17.5 Å². The number of fused-ring (bicyclic) bond motifs is 1. The maximum atomic E-state index is 14.6. The molecule has 0 amide bonds. The molecule has 2 saturated carbocycles. The summed E-state index contributed by atoms with van der Waals surface area (Å²) in [5.41, 5.74) is 1.84.